The van der Waals surface area contributed by atoms with Crippen molar-refractivity contribution in [3.8, 4) is 0 Å². The van der Waals surface area contributed by atoms with Gasteiger partial charge in [-0.2, -0.15) is 11.8 Å². The lowest BCUT2D eigenvalue weighted by atomic mass is 9.99. The lowest BCUT2D eigenvalue weighted by molar-refractivity contribution is -0.149. The highest BCUT2D eigenvalue weighted by Gasteiger charge is 2.41. The maximum atomic E-state index is 12.6. The summed E-state index contributed by atoms with van der Waals surface area (Å²) < 4.78 is 11.1. The first-order valence-corrected chi connectivity index (χ1v) is 10.7. The van der Waals surface area contributed by atoms with E-state index in [9.17, 15) is 9.59 Å². The van der Waals surface area contributed by atoms with Gasteiger partial charge in [0.25, 0.3) is 0 Å². The van der Waals surface area contributed by atoms with Crippen LogP contribution in [0.15, 0.2) is 30.3 Å². The number of rotatable bonds is 6. The average molecular weight is 394 g/mol. The van der Waals surface area contributed by atoms with E-state index in [1.165, 1.54) is 0 Å². The Bertz CT molecular complexity index is 629. The van der Waals surface area contributed by atoms with Crippen LogP contribution in [-0.4, -0.2) is 46.7 Å². The fourth-order valence-corrected chi connectivity index (χ4v) is 4.49. The van der Waals surface area contributed by atoms with Crippen molar-refractivity contribution in [2.24, 2.45) is 5.92 Å². The highest BCUT2D eigenvalue weighted by atomic mass is 32.2. The number of benzene rings is 1. The topological polar surface area (TPSA) is 55.8 Å². The number of hydrogen-bond acceptors (Lipinski definition) is 5. The minimum atomic E-state index is -0.528. The van der Waals surface area contributed by atoms with Crippen molar-refractivity contribution in [2.75, 3.05) is 12.8 Å². The predicted molar refractivity (Wildman–Crippen MR) is 109 cm³/mol. The van der Waals surface area contributed by atoms with Gasteiger partial charge in [-0.25, -0.2) is 4.79 Å². The molecule has 0 radical (unpaired) electrons. The molecule has 0 bridgehead atoms. The van der Waals surface area contributed by atoms with Gasteiger partial charge in [-0.1, -0.05) is 37.3 Å². The van der Waals surface area contributed by atoms with E-state index in [4.69, 9.17) is 9.47 Å². The summed E-state index contributed by atoms with van der Waals surface area (Å²) in [4.78, 5) is 27.0. The van der Waals surface area contributed by atoms with Crippen molar-refractivity contribution in [3.63, 3.8) is 0 Å². The molecular formula is C21H31NO4S. The molecule has 1 aromatic carbocycles. The van der Waals surface area contributed by atoms with Crippen molar-refractivity contribution < 1.29 is 19.1 Å². The molecule has 1 saturated heterocycles. The van der Waals surface area contributed by atoms with Gasteiger partial charge in [0.1, 0.15) is 12.2 Å². The fourth-order valence-electron chi connectivity index (χ4n) is 3.37. The van der Waals surface area contributed by atoms with Crippen molar-refractivity contribution in [3.05, 3.63) is 35.9 Å². The molecular weight excluding hydrogens is 362 g/mol. The number of carbonyl (C=O) groups is 2. The molecule has 1 fully saturated rings. The fraction of sp³-hybridized carbons (Fsp3) is 0.619. The Morgan fingerprint density at radius 3 is 2.52 bits per heavy atom. The predicted octanol–water partition coefficient (Wildman–Crippen LogP) is 4.50. The van der Waals surface area contributed by atoms with Crippen LogP contribution in [-0.2, 0) is 20.9 Å². The summed E-state index contributed by atoms with van der Waals surface area (Å²) in [6.07, 6.45) is 3.49. The van der Waals surface area contributed by atoms with Crippen LogP contribution in [0.3, 0.4) is 0 Å². The van der Waals surface area contributed by atoms with Crippen LogP contribution in [0, 0.1) is 5.92 Å². The minimum absolute atomic E-state index is 0.0193. The van der Waals surface area contributed by atoms with Crippen LogP contribution in [0.1, 0.15) is 46.1 Å². The molecule has 0 N–H and O–H groups in total. The molecule has 27 heavy (non-hydrogen) atoms. The van der Waals surface area contributed by atoms with Gasteiger partial charge in [-0.15, -0.1) is 0 Å². The van der Waals surface area contributed by atoms with Crippen LogP contribution in [0.5, 0.6) is 0 Å². The molecule has 0 spiro atoms. The zero-order valence-corrected chi connectivity index (χ0v) is 17.8. The maximum absolute atomic E-state index is 12.6. The molecule has 3 atom stereocenters. The summed E-state index contributed by atoms with van der Waals surface area (Å²) in [5.41, 5.74) is 0.439. The second-order valence-electron chi connectivity index (χ2n) is 7.97. The molecule has 6 heteroatoms. The molecule has 1 heterocycles. The second-order valence-corrected chi connectivity index (χ2v) is 8.98. The van der Waals surface area contributed by atoms with Gasteiger partial charge in [0.05, 0.1) is 5.92 Å². The van der Waals surface area contributed by atoms with E-state index in [2.05, 4.69) is 0 Å². The van der Waals surface area contributed by atoms with Crippen LogP contribution in [0.25, 0.3) is 0 Å². The number of esters is 1. The maximum Gasteiger partial charge on any atom is 0.410 e. The number of hydrogen-bond donors (Lipinski definition) is 0. The zero-order chi connectivity index (χ0) is 20.0. The lowest BCUT2D eigenvalue weighted by Gasteiger charge is -2.34. The number of ether oxygens (including phenoxy) is 2. The largest absolute Gasteiger partial charge is 0.461 e. The van der Waals surface area contributed by atoms with Gasteiger partial charge in [-0.3, -0.25) is 4.79 Å². The highest BCUT2D eigenvalue weighted by molar-refractivity contribution is 7.99. The lowest BCUT2D eigenvalue weighted by Crippen LogP contribution is -2.47. The Morgan fingerprint density at radius 2 is 1.93 bits per heavy atom. The molecule has 0 aliphatic carbocycles. The summed E-state index contributed by atoms with van der Waals surface area (Å²) in [5.74, 6) is -0.536. The van der Waals surface area contributed by atoms with Gasteiger partial charge in [0, 0.05) is 17.8 Å². The summed E-state index contributed by atoms with van der Waals surface area (Å²) in [6.45, 7) is 8.43. The Labute approximate surface area is 166 Å². The zero-order valence-electron chi connectivity index (χ0n) is 16.9. The molecule has 2 rings (SSSR count). The first kappa shape index (κ1) is 21.6. The van der Waals surface area contributed by atoms with Crippen molar-refractivity contribution in [1.82, 2.24) is 4.90 Å². The van der Waals surface area contributed by atoms with E-state index < -0.39 is 5.60 Å². The van der Waals surface area contributed by atoms with Crippen molar-refractivity contribution in [1.29, 1.82) is 0 Å². The van der Waals surface area contributed by atoms with Gasteiger partial charge in [0.15, 0.2) is 0 Å². The molecule has 150 valence electrons. The quantitative estimate of drug-likeness (QED) is 0.666. The number of nitrogens with zero attached hydrogens (tertiary/aromatic N) is 1. The Balaban J connectivity index is 2.00. The third-order valence-corrected chi connectivity index (χ3v) is 5.93. The van der Waals surface area contributed by atoms with Crippen molar-refractivity contribution >= 4 is 23.8 Å². The average Bonchev–Trinajstić information content (AvgIpc) is 3.09. The van der Waals surface area contributed by atoms with Crippen LogP contribution < -0.4 is 0 Å². The summed E-state index contributed by atoms with van der Waals surface area (Å²) in [6, 6.07) is 9.64. The highest BCUT2D eigenvalue weighted by Crippen LogP contribution is 2.33. The number of amides is 1. The van der Waals surface area contributed by atoms with Crippen LogP contribution in [0.4, 0.5) is 4.79 Å². The first-order valence-electron chi connectivity index (χ1n) is 9.46. The molecule has 0 aromatic heterocycles. The minimum Gasteiger partial charge on any atom is -0.461 e. The standard InChI is InChI=1S/C21H31NO4S/c1-15(19(23)25-14-16-10-7-6-8-11-16)18(27-5)17-12-9-13-22(17)20(24)26-21(2,3)4/h6-8,10-11,15,17-18H,9,12-14H2,1-5H3. The molecule has 3 unspecified atom stereocenters. The van der Waals surface area contributed by atoms with Gasteiger partial charge < -0.3 is 14.4 Å². The summed E-state index contributed by atoms with van der Waals surface area (Å²) in [7, 11) is 0. The number of thioether (sulfide) groups is 1. The van der Waals surface area contributed by atoms with Crippen LogP contribution in [0.2, 0.25) is 0 Å². The van der Waals surface area contributed by atoms with E-state index in [1.807, 2.05) is 64.3 Å². The monoisotopic (exact) mass is 393 g/mol. The smallest absolute Gasteiger partial charge is 0.410 e. The molecule has 1 aromatic rings. The van der Waals surface area contributed by atoms with E-state index in [1.54, 1.807) is 16.7 Å². The molecule has 5 nitrogen and oxygen atoms in total. The third kappa shape index (κ3) is 6.16. The van der Waals surface area contributed by atoms with E-state index in [0.717, 1.165) is 18.4 Å². The Morgan fingerprint density at radius 1 is 1.26 bits per heavy atom. The van der Waals surface area contributed by atoms with E-state index in [-0.39, 0.29) is 35.9 Å². The Kier molecular flexibility index (Phi) is 7.59. The summed E-state index contributed by atoms with van der Waals surface area (Å²) >= 11 is 1.61. The van der Waals surface area contributed by atoms with Crippen LogP contribution >= 0.6 is 11.8 Å². The first-order chi connectivity index (χ1) is 12.7. The SMILES string of the molecule is CSC(C(C)C(=O)OCc1ccccc1)C1CCCN1C(=O)OC(C)(C)C. The normalized spacial score (nSPS) is 19.4. The van der Waals surface area contributed by atoms with Gasteiger partial charge in [-0.05, 0) is 45.4 Å². The molecule has 1 aliphatic rings. The van der Waals surface area contributed by atoms with E-state index >= 15 is 0 Å². The third-order valence-electron chi connectivity index (χ3n) is 4.67. The second kappa shape index (κ2) is 9.49. The van der Waals surface area contributed by atoms with Crippen molar-refractivity contribution in [2.45, 2.75) is 64.0 Å². The molecule has 1 amide bonds. The van der Waals surface area contributed by atoms with Gasteiger partial charge in [0.2, 0.25) is 0 Å². The Hall–Kier alpha value is -1.69. The molecule has 1 aliphatic heterocycles. The summed E-state index contributed by atoms with van der Waals surface area (Å²) in [5, 5.41) is -0.0247. The number of likely N-dealkylation sites (tertiary alicyclic amines) is 1. The van der Waals surface area contributed by atoms with E-state index in [0.29, 0.717) is 6.54 Å². The van der Waals surface area contributed by atoms with Gasteiger partial charge >= 0.3 is 12.1 Å². The number of carbonyl (C=O) groups excluding carboxylic acids is 2. The molecule has 0 saturated carbocycles.